The lowest BCUT2D eigenvalue weighted by Crippen LogP contribution is -2.37. The quantitative estimate of drug-likeness (QED) is 0.714. The van der Waals surface area contributed by atoms with Crippen molar-refractivity contribution in [3.63, 3.8) is 0 Å². The first-order chi connectivity index (χ1) is 13.4. The molecule has 2 aromatic carbocycles. The zero-order valence-corrected chi connectivity index (χ0v) is 16.0. The number of carbonyl (C=O) groups excluding carboxylic acids is 2. The van der Waals surface area contributed by atoms with Crippen LogP contribution in [0.4, 0.5) is 4.79 Å². The smallest absolute Gasteiger partial charge is 0.312 e. The van der Waals surface area contributed by atoms with Gasteiger partial charge in [0.05, 0.1) is 18.5 Å². The predicted molar refractivity (Wildman–Crippen MR) is 105 cm³/mol. The number of rotatable bonds is 6. The molecule has 3 rings (SSSR count). The number of amides is 3. The third kappa shape index (κ3) is 4.73. The summed E-state index contributed by atoms with van der Waals surface area (Å²) in [6.45, 7) is 4.87. The summed E-state index contributed by atoms with van der Waals surface area (Å²) in [5, 5.41) is 5.63. The maximum Gasteiger partial charge on any atom is 0.312 e. The highest BCUT2D eigenvalue weighted by Gasteiger charge is 2.21. The third-order valence-corrected chi connectivity index (χ3v) is 4.71. The minimum Gasteiger partial charge on any atom is -0.486 e. The maximum atomic E-state index is 12.6. The molecule has 0 bridgehead atoms. The SMILES string of the molecule is Cc1ccccc1C(CC(=O)NC(C)c1ccc2c(c1)OCCO2)NC(N)=O. The number of primary amides is 1. The summed E-state index contributed by atoms with van der Waals surface area (Å²) < 4.78 is 11.1. The molecular weight excluding hydrogens is 358 g/mol. The summed E-state index contributed by atoms with van der Waals surface area (Å²) in [4.78, 5) is 24.0. The Balaban J connectivity index is 1.68. The number of hydrogen-bond acceptors (Lipinski definition) is 4. The zero-order valence-electron chi connectivity index (χ0n) is 16.0. The Labute approximate surface area is 164 Å². The van der Waals surface area contributed by atoms with E-state index in [1.807, 2.05) is 56.3 Å². The lowest BCUT2D eigenvalue weighted by Gasteiger charge is -2.23. The Morgan fingerprint density at radius 3 is 2.50 bits per heavy atom. The van der Waals surface area contributed by atoms with Gasteiger partial charge >= 0.3 is 6.03 Å². The first-order valence-corrected chi connectivity index (χ1v) is 9.24. The summed E-state index contributed by atoms with van der Waals surface area (Å²) >= 11 is 0. The molecule has 4 N–H and O–H groups in total. The molecule has 0 fully saturated rings. The molecule has 0 spiro atoms. The number of nitrogens with two attached hydrogens (primary N) is 1. The highest BCUT2D eigenvalue weighted by Crippen LogP contribution is 2.32. The normalized spacial score (nSPS) is 14.6. The van der Waals surface area contributed by atoms with Crippen molar-refractivity contribution in [2.45, 2.75) is 32.4 Å². The molecule has 0 radical (unpaired) electrons. The maximum absolute atomic E-state index is 12.6. The van der Waals surface area contributed by atoms with Crippen LogP contribution < -0.4 is 25.8 Å². The standard InChI is InChI=1S/C21H25N3O4/c1-13-5-3-4-6-16(13)17(24-21(22)26)12-20(25)23-14(2)15-7-8-18-19(11-15)28-10-9-27-18/h3-8,11,14,17H,9-10,12H2,1-2H3,(H,23,25)(H3,22,24,26). The van der Waals surface area contributed by atoms with E-state index in [1.165, 1.54) is 0 Å². The molecule has 148 valence electrons. The van der Waals surface area contributed by atoms with Gasteiger partial charge in [-0.1, -0.05) is 30.3 Å². The van der Waals surface area contributed by atoms with E-state index in [4.69, 9.17) is 15.2 Å². The largest absolute Gasteiger partial charge is 0.486 e. The van der Waals surface area contributed by atoms with E-state index in [1.54, 1.807) is 0 Å². The van der Waals surface area contributed by atoms with Gasteiger partial charge in [0.25, 0.3) is 0 Å². The monoisotopic (exact) mass is 383 g/mol. The van der Waals surface area contributed by atoms with E-state index in [9.17, 15) is 9.59 Å². The summed E-state index contributed by atoms with van der Waals surface area (Å²) in [6, 6.07) is 11.8. The van der Waals surface area contributed by atoms with Gasteiger partial charge in [0, 0.05) is 0 Å². The van der Waals surface area contributed by atoms with Gasteiger partial charge in [0.2, 0.25) is 5.91 Å². The Morgan fingerprint density at radius 2 is 1.79 bits per heavy atom. The van der Waals surface area contributed by atoms with Gasteiger partial charge in [-0.2, -0.15) is 0 Å². The van der Waals surface area contributed by atoms with Crippen LogP contribution >= 0.6 is 0 Å². The van der Waals surface area contributed by atoms with Gasteiger partial charge in [0.15, 0.2) is 11.5 Å². The molecule has 0 saturated heterocycles. The second-order valence-corrected chi connectivity index (χ2v) is 6.81. The number of ether oxygens (including phenoxy) is 2. The minimum atomic E-state index is -0.666. The van der Waals surface area contributed by atoms with Crippen molar-refractivity contribution in [2.75, 3.05) is 13.2 Å². The van der Waals surface area contributed by atoms with E-state index in [-0.39, 0.29) is 18.4 Å². The highest BCUT2D eigenvalue weighted by atomic mass is 16.6. The van der Waals surface area contributed by atoms with Crippen LogP contribution in [-0.2, 0) is 4.79 Å². The van der Waals surface area contributed by atoms with Gasteiger partial charge in [-0.15, -0.1) is 0 Å². The first kappa shape index (κ1) is 19.5. The number of hydrogen-bond donors (Lipinski definition) is 3. The molecule has 2 aromatic rings. The molecule has 0 saturated carbocycles. The Bertz CT molecular complexity index is 868. The molecule has 7 heteroatoms. The number of aryl methyl sites for hydroxylation is 1. The number of nitrogens with one attached hydrogen (secondary N) is 2. The molecular formula is C21H25N3O4. The van der Waals surface area contributed by atoms with Crippen LogP contribution in [0.1, 0.15) is 42.1 Å². The Kier molecular flexibility index (Phi) is 6.03. The Morgan fingerprint density at radius 1 is 1.07 bits per heavy atom. The van der Waals surface area contributed by atoms with E-state index in [0.29, 0.717) is 24.7 Å². The first-order valence-electron chi connectivity index (χ1n) is 9.24. The van der Waals surface area contributed by atoms with Crippen molar-refractivity contribution < 1.29 is 19.1 Å². The predicted octanol–water partition coefficient (Wildman–Crippen LogP) is 2.74. The molecule has 28 heavy (non-hydrogen) atoms. The van der Waals surface area contributed by atoms with Crippen molar-refractivity contribution in [1.82, 2.24) is 10.6 Å². The van der Waals surface area contributed by atoms with Gasteiger partial charge in [0.1, 0.15) is 13.2 Å². The highest BCUT2D eigenvalue weighted by molar-refractivity contribution is 5.79. The molecule has 3 amide bonds. The topological polar surface area (TPSA) is 103 Å². The average molecular weight is 383 g/mol. The van der Waals surface area contributed by atoms with Crippen LogP contribution in [0.2, 0.25) is 0 Å². The van der Waals surface area contributed by atoms with Gasteiger partial charge in [-0.05, 0) is 42.7 Å². The van der Waals surface area contributed by atoms with Crippen molar-refractivity contribution in [3.8, 4) is 11.5 Å². The Hall–Kier alpha value is -3.22. The molecule has 2 unspecified atom stereocenters. The number of benzene rings is 2. The summed E-state index contributed by atoms with van der Waals surface area (Å²) in [6.07, 6.45) is 0.0860. The fourth-order valence-corrected chi connectivity index (χ4v) is 3.29. The van der Waals surface area contributed by atoms with Crippen molar-refractivity contribution in [3.05, 3.63) is 59.2 Å². The van der Waals surface area contributed by atoms with E-state index in [2.05, 4.69) is 10.6 Å². The number of urea groups is 1. The van der Waals surface area contributed by atoms with E-state index >= 15 is 0 Å². The zero-order chi connectivity index (χ0) is 20.1. The van der Waals surface area contributed by atoms with E-state index < -0.39 is 12.1 Å². The molecule has 1 heterocycles. The molecule has 2 atom stereocenters. The average Bonchev–Trinajstić information content (AvgIpc) is 2.67. The van der Waals surface area contributed by atoms with Crippen LogP contribution in [0.5, 0.6) is 11.5 Å². The lowest BCUT2D eigenvalue weighted by atomic mass is 9.98. The molecule has 1 aliphatic rings. The fourth-order valence-electron chi connectivity index (χ4n) is 3.29. The second kappa shape index (κ2) is 8.65. The van der Waals surface area contributed by atoms with E-state index in [0.717, 1.165) is 16.7 Å². The minimum absolute atomic E-state index is 0.0860. The number of fused-ring (bicyclic) bond motifs is 1. The molecule has 7 nitrogen and oxygen atoms in total. The van der Waals surface area contributed by atoms with Crippen LogP contribution in [0.25, 0.3) is 0 Å². The second-order valence-electron chi connectivity index (χ2n) is 6.81. The van der Waals surface area contributed by atoms with Crippen LogP contribution in [0, 0.1) is 6.92 Å². The van der Waals surface area contributed by atoms with Gasteiger partial charge in [-0.25, -0.2) is 4.79 Å². The molecule has 0 aromatic heterocycles. The summed E-state index contributed by atoms with van der Waals surface area (Å²) in [5.41, 5.74) is 8.06. The third-order valence-electron chi connectivity index (χ3n) is 4.71. The van der Waals surface area contributed by atoms with Crippen LogP contribution in [-0.4, -0.2) is 25.2 Å². The fraction of sp³-hybridized carbons (Fsp3) is 0.333. The van der Waals surface area contributed by atoms with Crippen LogP contribution in [0.15, 0.2) is 42.5 Å². The number of carbonyl (C=O) groups is 2. The van der Waals surface area contributed by atoms with Crippen molar-refractivity contribution in [1.29, 1.82) is 0 Å². The lowest BCUT2D eigenvalue weighted by molar-refractivity contribution is -0.122. The molecule has 1 aliphatic heterocycles. The van der Waals surface area contributed by atoms with Crippen LogP contribution in [0.3, 0.4) is 0 Å². The summed E-state index contributed by atoms with van der Waals surface area (Å²) in [7, 11) is 0. The van der Waals surface area contributed by atoms with Crippen molar-refractivity contribution >= 4 is 11.9 Å². The van der Waals surface area contributed by atoms with Gasteiger partial charge in [-0.3, -0.25) is 4.79 Å². The summed E-state index contributed by atoms with van der Waals surface area (Å²) in [5.74, 6) is 1.20. The van der Waals surface area contributed by atoms with Gasteiger partial charge < -0.3 is 25.8 Å². The van der Waals surface area contributed by atoms with Crippen molar-refractivity contribution in [2.24, 2.45) is 5.73 Å². The molecule has 0 aliphatic carbocycles.